The van der Waals surface area contributed by atoms with E-state index in [-0.39, 0.29) is 105 Å². The second-order valence-electron chi connectivity index (χ2n) is 13.2. The number of aromatic nitrogens is 6. The van der Waals surface area contributed by atoms with E-state index in [1.165, 1.54) is 36.4 Å². The van der Waals surface area contributed by atoms with E-state index in [4.69, 9.17) is 4.89 Å². The van der Waals surface area contributed by atoms with Gasteiger partial charge in [0.15, 0.2) is 5.75 Å². The minimum absolute atomic E-state index is 0.0134. The number of anilines is 10. The van der Waals surface area contributed by atoms with Crippen molar-refractivity contribution in [2.45, 2.75) is 4.90 Å². The highest BCUT2D eigenvalue weighted by atomic mass is 32.2. The zero-order chi connectivity index (χ0) is 45.3. The Bertz CT molecular complexity index is 2570. The first kappa shape index (κ1) is 46.8. The van der Waals surface area contributed by atoms with Crippen LogP contribution < -0.4 is 36.0 Å². The predicted octanol–water partition coefficient (Wildman–Crippen LogP) is 4.12. The topological polar surface area (TPSA) is 295 Å². The number of nitrogens with one attached hydrogen (secondary N) is 4. The van der Waals surface area contributed by atoms with E-state index in [2.05, 4.69) is 73.5 Å². The number of hydrogen-bond donors (Lipinski definition) is 10. The van der Waals surface area contributed by atoms with Crippen LogP contribution in [0.4, 0.5) is 58.4 Å². The van der Waals surface area contributed by atoms with Gasteiger partial charge in [0.05, 0.1) is 26.4 Å². The maximum Gasteiger partial charge on any atom is 0.295 e. The largest absolute Gasteiger partial charge is 0.395 e. The lowest BCUT2D eigenvalue weighted by molar-refractivity contribution is -0.402. The number of thiol groups is 1. The summed E-state index contributed by atoms with van der Waals surface area (Å²) >= 11 is 3.58. The Hall–Kier alpha value is -6.74. The molecule has 4 aromatic carbocycles. The standard InChI is InChI=1S/C40H44N12O10S2/c53-21-17-51(18-22-54)39-47-35(41-29-7-3-1-4-8-29)45-37(49-39)43-31-15-13-27(33(25-31)60-61-62-63)11-12-28-14-16-32(26-34(28)64(57,58)59)44-38-46-36(42-30-9-5-2-6-10-30)48-40(50-38)52(19-23-55)20-24-56/h1-16,25-26,53-56,63H,17-24H2,(H,57,58,59)(H2,41,43,45,47,49)(H2,42,44,46,48,50)/b12-11+. The molecule has 24 heteroatoms. The number of benzene rings is 4. The van der Waals surface area contributed by atoms with Crippen LogP contribution >= 0.6 is 12.9 Å². The SMILES string of the molecule is O=S(=O)(O)c1cc(Nc2nc(Nc3ccccc3)nc(N(CCO)CCO)n2)ccc1/C=C/c1ccc(Nc2nc(Nc3ccccc3)nc(N(CCO)CCO)n2)cc1OOOS. The summed E-state index contributed by atoms with van der Waals surface area (Å²) in [5, 5.41) is 55.5. The fraction of sp³-hybridized carbons (Fsp3) is 0.200. The number of aliphatic hydroxyl groups excluding tert-OH is 4. The molecule has 2 heterocycles. The Morgan fingerprint density at radius 1 is 0.547 bits per heavy atom. The van der Waals surface area contributed by atoms with Gasteiger partial charge in [-0.05, 0) is 59.1 Å². The van der Waals surface area contributed by atoms with Gasteiger partial charge in [-0.2, -0.15) is 38.3 Å². The third-order valence-electron chi connectivity index (χ3n) is 8.77. The van der Waals surface area contributed by atoms with Crippen molar-refractivity contribution in [3.05, 3.63) is 108 Å². The zero-order valence-corrected chi connectivity index (χ0v) is 35.5. The Balaban J connectivity index is 1.29. The molecule has 0 aliphatic rings. The zero-order valence-electron chi connectivity index (χ0n) is 33.8. The maximum atomic E-state index is 12.8. The van der Waals surface area contributed by atoms with E-state index < -0.39 is 15.0 Å². The van der Waals surface area contributed by atoms with Gasteiger partial charge >= 0.3 is 0 Å². The van der Waals surface area contributed by atoms with Crippen LogP contribution in [0.2, 0.25) is 0 Å². The lowest BCUT2D eigenvalue weighted by Gasteiger charge is -2.21. The molecule has 0 unspecified atom stereocenters. The number of rotatable bonds is 24. The molecule has 0 aliphatic heterocycles. The first-order valence-electron chi connectivity index (χ1n) is 19.3. The van der Waals surface area contributed by atoms with Crippen molar-refractivity contribution < 1.29 is 47.7 Å². The van der Waals surface area contributed by atoms with Crippen molar-refractivity contribution >= 4 is 93.6 Å². The summed E-state index contributed by atoms with van der Waals surface area (Å²) in [5.41, 5.74) is 2.37. The lowest BCUT2D eigenvalue weighted by atomic mass is 10.1. The fourth-order valence-electron chi connectivity index (χ4n) is 5.93. The van der Waals surface area contributed by atoms with Crippen LogP contribution in [-0.4, -0.2) is 116 Å². The normalized spacial score (nSPS) is 11.3. The van der Waals surface area contributed by atoms with Crippen LogP contribution in [0.15, 0.2) is 102 Å². The van der Waals surface area contributed by atoms with Gasteiger partial charge in [-0.25, -0.2) is 0 Å². The molecule has 0 bridgehead atoms. The molecule has 0 aliphatic carbocycles. The Kier molecular flexibility index (Phi) is 16.9. The molecule has 64 heavy (non-hydrogen) atoms. The smallest absolute Gasteiger partial charge is 0.295 e. The second-order valence-corrected chi connectivity index (χ2v) is 14.7. The monoisotopic (exact) mass is 916 g/mol. The summed E-state index contributed by atoms with van der Waals surface area (Å²) in [5.74, 6) is 0.703. The van der Waals surface area contributed by atoms with Gasteiger partial charge in [0, 0.05) is 73.5 Å². The Morgan fingerprint density at radius 2 is 0.953 bits per heavy atom. The summed E-state index contributed by atoms with van der Waals surface area (Å²) in [4.78, 5) is 34.8. The minimum atomic E-state index is -4.82. The van der Waals surface area contributed by atoms with Gasteiger partial charge in [-0.15, -0.1) is 4.33 Å². The molecule has 22 nitrogen and oxygen atoms in total. The molecule has 9 N–H and O–H groups in total. The number of aliphatic hydroxyl groups is 4. The molecule has 0 fully saturated rings. The molecule has 2 aromatic heterocycles. The molecule has 0 radical (unpaired) electrons. The first-order valence-corrected chi connectivity index (χ1v) is 21.1. The van der Waals surface area contributed by atoms with Gasteiger partial charge in [-0.1, -0.05) is 54.6 Å². The summed E-state index contributed by atoms with van der Waals surface area (Å²) in [7, 11) is -4.82. The molecule has 0 saturated heterocycles. The molecule has 336 valence electrons. The molecule has 0 amide bonds. The van der Waals surface area contributed by atoms with Gasteiger partial charge in [0.1, 0.15) is 4.90 Å². The van der Waals surface area contributed by atoms with Crippen molar-refractivity contribution in [1.82, 2.24) is 29.9 Å². The second kappa shape index (κ2) is 23.1. The van der Waals surface area contributed by atoms with E-state index in [0.717, 1.165) is 0 Å². The van der Waals surface area contributed by atoms with Crippen LogP contribution in [0, 0.1) is 0 Å². The molecular formula is C40H44N12O10S2. The third kappa shape index (κ3) is 13.4. The van der Waals surface area contributed by atoms with Crippen molar-refractivity contribution in [2.75, 3.05) is 83.7 Å². The van der Waals surface area contributed by atoms with Gasteiger partial charge in [0.25, 0.3) is 10.1 Å². The van der Waals surface area contributed by atoms with E-state index in [1.807, 2.05) is 48.5 Å². The van der Waals surface area contributed by atoms with Gasteiger partial charge in [-0.3, -0.25) is 4.55 Å². The van der Waals surface area contributed by atoms with Crippen molar-refractivity contribution in [1.29, 1.82) is 0 Å². The fourth-order valence-corrected chi connectivity index (χ4v) is 6.67. The van der Waals surface area contributed by atoms with Crippen LogP contribution in [0.25, 0.3) is 12.2 Å². The summed E-state index contributed by atoms with van der Waals surface area (Å²) in [6, 6.07) is 27.2. The summed E-state index contributed by atoms with van der Waals surface area (Å²) in [6.45, 7) is -0.459. The summed E-state index contributed by atoms with van der Waals surface area (Å²) in [6.07, 6.45) is 2.92. The Morgan fingerprint density at radius 3 is 1.38 bits per heavy atom. The van der Waals surface area contributed by atoms with Crippen LogP contribution in [0.1, 0.15) is 11.1 Å². The van der Waals surface area contributed by atoms with E-state index in [0.29, 0.717) is 22.6 Å². The van der Waals surface area contributed by atoms with Crippen molar-refractivity contribution in [2.24, 2.45) is 0 Å². The van der Waals surface area contributed by atoms with Crippen molar-refractivity contribution in [3.63, 3.8) is 0 Å². The predicted molar refractivity (Wildman–Crippen MR) is 242 cm³/mol. The first-order chi connectivity index (χ1) is 31.1. The van der Waals surface area contributed by atoms with Crippen LogP contribution in [0.3, 0.4) is 0 Å². The average Bonchev–Trinajstić information content (AvgIpc) is 3.28. The molecule has 0 saturated carbocycles. The maximum absolute atomic E-state index is 12.8. The average molecular weight is 917 g/mol. The molecule has 0 spiro atoms. The van der Waals surface area contributed by atoms with Crippen LogP contribution in [-0.2, 0) is 19.5 Å². The van der Waals surface area contributed by atoms with Gasteiger partial charge in [0.2, 0.25) is 35.7 Å². The van der Waals surface area contributed by atoms with E-state index >= 15 is 0 Å². The Labute approximate surface area is 372 Å². The summed E-state index contributed by atoms with van der Waals surface area (Å²) < 4.78 is 40.2. The van der Waals surface area contributed by atoms with Crippen molar-refractivity contribution in [3.8, 4) is 5.75 Å². The van der Waals surface area contributed by atoms with E-state index in [9.17, 15) is 33.4 Å². The molecular weight excluding hydrogens is 873 g/mol. The quantitative estimate of drug-likeness (QED) is 0.0102. The molecule has 6 rings (SSSR count). The van der Waals surface area contributed by atoms with E-state index in [1.54, 1.807) is 34.1 Å². The highest BCUT2D eigenvalue weighted by Crippen LogP contribution is 2.31. The minimum Gasteiger partial charge on any atom is -0.395 e. The van der Waals surface area contributed by atoms with Crippen LogP contribution in [0.5, 0.6) is 5.75 Å². The lowest BCUT2D eigenvalue weighted by Crippen LogP contribution is -2.31. The molecule has 0 atom stereocenters. The number of hydrogen-bond acceptors (Lipinski definition) is 22. The third-order valence-corrected chi connectivity index (χ3v) is 9.74. The van der Waals surface area contributed by atoms with Gasteiger partial charge < -0.3 is 56.4 Å². The number of para-hydroxylation sites is 2. The highest BCUT2D eigenvalue weighted by Gasteiger charge is 2.19. The molecule has 6 aromatic rings. The number of nitrogens with zero attached hydrogens (tertiary/aromatic N) is 8. The highest BCUT2D eigenvalue weighted by molar-refractivity contribution is 7.86.